The summed E-state index contributed by atoms with van der Waals surface area (Å²) in [7, 11) is -0.680. The summed E-state index contributed by atoms with van der Waals surface area (Å²) in [4.78, 5) is 29.7. The van der Waals surface area contributed by atoms with Crippen molar-refractivity contribution in [2.24, 2.45) is 5.92 Å². The second kappa shape index (κ2) is 13.5. The van der Waals surface area contributed by atoms with E-state index in [1.165, 1.54) is 5.19 Å². The van der Waals surface area contributed by atoms with Crippen LogP contribution in [0.4, 0.5) is 11.4 Å². The minimum atomic E-state index is -2.34. The van der Waals surface area contributed by atoms with E-state index in [9.17, 15) is 14.7 Å². The van der Waals surface area contributed by atoms with Crippen LogP contribution in [0.3, 0.4) is 0 Å². The van der Waals surface area contributed by atoms with Crippen LogP contribution in [0.2, 0.25) is 18.6 Å². The molecule has 0 aliphatic carbocycles. The first-order chi connectivity index (χ1) is 23.1. The van der Waals surface area contributed by atoms with Gasteiger partial charge < -0.3 is 24.8 Å². The Balaban J connectivity index is 1.42. The third-order valence-corrected chi connectivity index (χ3v) is 14.4. The third kappa shape index (κ3) is 5.86. The van der Waals surface area contributed by atoms with Crippen molar-refractivity contribution in [2.45, 2.75) is 56.7 Å². The zero-order valence-corrected chi connectivity index (χ0v) is 28.9. The van der Waals surface area contributed by atoms with Gasteiger partial charge in [0.25, 0.3) is 11.8 Å². The molecule has 2 N–H and O–H groups in total. The van der Waals surface area contributed by atoms with E-state index in [4.69, 9.17) is 9.47 Å². The van der Waals surface area contributed by atoms with Crippen LogP contribution in [0.5, 0.6) is 5.75 Å². The van der Waals surface area contributed by atoms with Crippen LogP contribution >= 0.6 is 0 Å². The maximum atomic E-state index is 14.7. The summed E-state index contributed by atoms with van der Waals surface area (Å²) in [6.45, 7) is 11.6. The van der Waals surface area contributed by atoms with Crippen LogP contribution in [0.15, 0.2) is 91.6 Å². The Hall–Kier alpha value is -4.58. The number of nitrogens with zero attached hydrogens (tertiary/aromatic N) is 4. The van der Waals surface area contributed by atoms with Crippen molar-refractivity contribution in [3.8, 4) is 5.75 Å². The molecular formula is C37H43N5O5Si. The Kier molecular flexibility index (Phi) is 9.37. The fourth-order valence-corrected chi connectivity index (χ4v) is 11.8. The molecule has 48 heavy (non-hydrogen) atoms. The molecule has 1 aromatic heterocycles. The SMILES string of the molecule is C=CCN1C(=O)[C@]2(O[C@H](CCn3cc(CCO)nn3)[C@@H]([Si](C)(C)c3ccc(OC)cc3)[C@@H]2C)c2cc(NC(=O)c3ccccc3)ccc21. The molecular weight excluding hydrogens is 623 g/mol. The van der Waals surface area contributed by atoms with E-state index in [2.05, 4.69) is 54.4 Å². The first kappa shape index (κ1) is 33.3. The number of carbonyl (C=O) groups is 2. The maximum absolute atomic E-state index is 14.7. The van der Waals surface area contributed by atoms with Crippen molar-refractivity contribution in [2.75, 3.05) is 30.5 Å². The van der Waals surface area contributed by atoms with Gasteiger partial charge in [0.2, 0.25) is 0 Å². The summed E-state index contributed by atoms with van der Waals surface area (Å²) in [5.41, 5.74) is 2.16. The van der Waals surface area contributed by atoms with Crippen molar-refractivity contribution >= 4 is 36.4 Å². The summed E-state index contributed by atoms with van der Waals surface area (Å²) < 4.78 is 14.4. The zero-order chi connectivity index (χ0) is 34.1. The molecule has 0 unspecified atom stereocenters. The minimum Gasteiger partial charge on any atom is -0.497 e. The van der Waals surface area contributed by atoms with Crippen molar-refractivity contribution in [1.29, 1.82) is 0 Å². The Bertz CT molecular complexity index is 1790. The van der Waals surface area contributed by atoms with Gasteiger partial charge in [-0.15, -0.1) is 11.7 Å². The van der Waals surface area contributed by atoms with Gasteiger partial charge in [-0.25, -0.2) is 0 Å². The van der Waals surface area contributed by atoms with E-state index < -0.39 is 13.7 Å². The number of rotatable bonds is 12. The predicted molar refractivity (Wildman–Crippen MR) is 188 cm³/mol. The van der Waals surface area contributed by atoms with E-state index in [1.807, 2.05) is 54.7 Å². The lowest BCUT2D eigenvalue weighted by atomic mass is 9.82. The number of ether oxygens (including phenoxy) is 2. The van der Waals surface area contributed by atoms with Crippen LogP contribution in [-0.2, 0) is 28.1 Å². The average Bonchev–Trinajstić information content (AvgIpc) is 3.74. The topological polar surface area (TPSA) is 119 Å². The first-order valence-corrected chi connectivity index (χ1v) is 19.5. The second-order valence-electron chi connectivity index (χ2n) is 13.1. The third-order valence-electron chi connectivity index (χ3n) is 10.0. The molecule has 3 aromatic carbocycles. The number of fused-ring (bicyclic) bond motifs is 2. The largest absolute Gasteiger partial charge is 0.497 e. The number of hydrogen-bond acceptors (Lipinski definition) is 7. The Morgan fingerprint density at radius 1 is 1.15 bits per heavy atom. The maximum Gasteiger partial charge on any atom is 0.264 e. The number of amides is 2. The summed E-state index contributed by atoms with van der Waals surface area (Å²) >= 11 is 0. The summed E-state index contributed by atoms with van der Waals surface area (Å²) in [6, 6.07) is 23.0. The summed E-state index contributed by atoms with van der Waals surface area (Å²) in [5.74, 6) is 0.249. The second-order valence-corrected chi connectivity index (χ2v) is 17.8. The highest BCUT2D eigenvalue weighted by Crippen LogP contribution is 2.60. The molecule has 1 fully saturated rings. The van der Waals surface area contributed by atoms with E-state index in [0.29, 0.717) is 37.2 Å². The van der Waals surface area contributed by atoms with Gasteiger partial charge in [-0.1, -0.05) is 66.8 Å². The fraction of sp³-hybridized carbons (Fsp3) is 0.351. The molecule has 2 aliphatic rings. The van der Waals surface area contributed by atoms with E-state index in [0.717, 1.165) is 22.7 Å². The van der Waals surface area contributed by atoms with Gasteiger partial charge in [0, 0.05) is 55.0 Å². The average molecular weight is 666 g/mol. The molecule has 10 nitrogen and oxygen atoms in total. The van der Waals surface area contributed by atoms with Crippen LogP contribution in [-0.4, -0.2) is 66.4 Å². The van der Waals surface area contributed by atoms with Crippen LogP contribution in [0, 0.1) is 5.92 Å². The molecule has 6 rings (SSSR count). The lowest BCUT2D eigenvalue weighted by Crippen LogP contribution is -2.51. The predicted octanol–water partition coefficient (Wildman–Crippen LogP) is 4.91. The fourth-order valence-electron chi connectivity index (χ4n) is 7.70. The molecule has 0 radical (unpaired) electrons. The number of aryl methyl sites for hydroxylation is 1. The number of benzene rings is 3. The number of aromatic nitrogens is 3. The molecule has 250 valence electrons. The Labute approximate surface area is 282 Å². The van der Waals surface area contributed by atoms with Crippen LogP contribution in [0.1, 0.15) is 35.0 Å². The number of methoxy groups -OCH3 is 1. The van der Waals surface area contributed by atoms with Gasteiger partial charge in [0.1, 0.15) is 5.75 Å². The molecule has 1 saturated heterocycles. The van der Waals surface area contributed by atoms with Crippen LogP contribution in [0.25, 0.3) is 0 Å². The van der Waals surface area contributed by atoms with Gasteiger partial charge in [-0.05, 0) is 54.4 Å². The molecule has 2 aliphatic heterocycles. The van der Waals surface area contributed by atoms with Gasteiger partial charge in [-0.2, -0.15) is 0 Å². The molecule has 11 heteroatoms. The molecule has 2 amide bonds. The molecule has 3 heterocycles. The van der Waals surface area contributed by atoms with Gasteiger partial charge in [0.05, 0.1) is 32.7 Å². The smallest absolute Gasteiger partial charge is 0.264 e. The number of anilines is 2. The van der Waals surface area contributed by atoms with Crippen molar-refractivity contribution in [3.05, 3.63) is 108 Å². The number of nitrogens with one attached hydrogen (secondary N) is 1. The number of carbonyl (C=O) groups excluding carboxylic acids is 2. The highest BCUT2D eigenvalue weighted by Gasteiger charge is 2.66. The Morgan fingerprint density at radius 3 is 2.58 bits per heavy atom. The van der Waals surface area contributed by atoms with Crippen LogP contribution < -0.4 is 20.1 Å². The van der Waals surface area contributed by atoms with E-state index >= 15 is 0 Å². The lowest BCUT2D eigenvalue weighted by Gasteiger charge is -2.37. The minimum absolute atomic E-state index is 0.00467. The number of aliphatic hydroxyl groups is 1. The summed E-state index contributed by atoms with van der Waals surface area (Å²) in [6.07, 6.45) is 4.35. The molecule has 0 bridgehead atoms. The van der Waals surface area contributed by atoms with Gasteiger partial charge >= 0.3 is 0 Å². The number of hydrogen-bond donors (Lipinski definition) is 2. The van der Waals surface area contributed by atoms with Crippen molar-refractivity contribution in [3.63, 3.8) is 0 Å². The highest BCUT2D eigenvalue weighted by atomic mass is 28.3. The normalized spacial score (nSPS) is 21.8. The zero-order valence-electron chi connectivity index (χ0n) is 27.9. The van der Waals surface area contributed by atoms with E-state index in [-0.39, 0.29) is 36.0 Å². The highest BCUT2D eigenvalue weighted by molar-refractivity contribution is 6.91. The quantitative estimate of drug-likeness (QED) is 0.163. The van der Waals surface area contributed by atoms with Gasteiger partial charge in [0.15, 0.2) is 5.60 Å². The molecule has 4 atom stereocenters. The lowest BCUT2D eigenvalue weighted by molar-refractivity contribution is -0.145. The monoisotopic (exact) mass is 665 g/mol. The standard InChI is InChI=1S/C37H43N5O5Si/c1-6-20-42-32-17-12-27(38-35(44)26-10-8-7-9-11-26)23-31(32)37(36(42)45)25(2)34(48(4,5)30-15-13-29(46-3)14-16-30)33(47-37)18-21-41-24-28(19-22-43)39-40-41/h6-17,23-25,33-34,43H,1,18-22H2,2-5H3,(H,38,44)/t25-,33+,34-,37+/m0/s1. The molecule has 4 aromatic rings. The number of aliphatic hydroxyl groups excluding tert-OH is 1. The van der Waals surface area contributed by atoms with E-state index in [1.54, 1.807) is 34.9 Å². The summed E-state index contributed by atoms with van der Waals surface area (Å²) in [5, 5.41) is 22.1. The van der Waals surface area contributed by atoms with Crippen molar-refractivity contribution in [1.82, 2.24) is 15.0 Å². The molecule has 0 saturated carbocycles. The van der Waals surface area contributed by atoms with Crippen molar-refractivity contribution < 1.29 is 24.2 Å². The Morgan fingerprint density at radius 2 is 1.90 bits per heavy atom. The molecule has 1 spiro atoms. The van der Waals surface area contributed by atoms with Gasteiger partial charge in [-0.3, -0.25) is 14.3 Å². The first-order valence-electron chi connectivity index (χ1n) is 16.4.